The first-order valence-corrected chi connectivity index (χ1v) is 22.8. The maximum absolute atomic E-state index is 12.7. The van der Waals surface area contributed by atoms with Crippen LogP contribution in [0.5, 0.6) is 0 Å². The summed E-state index contributed by atoms with van der Waals surface area (Å²) in [6.45, 7) is 1.90. The topological polar surface area (TPSA) is 390 Å². The van der Waals surface area contributed by atoms with Crippen LogP contribution in [0.1, 0.15) is 46.3 Å². The van der Waals surface area contributed by atoms with Crippen molar-refractivity contribution in [3.05, 3.63) is 24.8 Å². The number of nitrogens with one attached hydrogen (secondary N) is 2. The highest BCUT2D eigenvalue weighted by Crippen LogP contribution is 2.61. The van der Waals surface area contributed by atoms with Crippen molar-refractivity contribution in [3.8, 4) is 0 Å². The number of carbonyl (C=O) groups excluding carboxylic acids is 4. The third kappa shape index (κ3) is 16.6. The fourth-order valence-corrected chi connectivity index (χ4v) is 8.35. The van der Waals surface area contributed by atoms with Crippen LogP contribution in [0.4, 0.5) is 5.82 Å². The lowest BCUT2D eigenvalue weighted by molar-refractivity contribution is -0.141. The van der Waals surface area contributed by atoms with Gasteiger partial charge in [-0.3, -0.25) is 37.3 Å². The van der Waals surface area contributed by atoms with Crippen molar-refractivity contribution in [2.45, 2.75) is 70.7 Å². The molecule has 30 heteroatoms. The SMILES string of the molecule is CC(=O)OCCCC=CC(=O)SCCNC(=O)CCNC(=O)[C@H](O)C(C)(C)COP(=O)(O)OP(=O)(O)OC[C@H]1O[C@@H](n2cnc3c(N)ncnc32)[C@H](O)[C@@H]1OP(=O)(O)O. The van der Waals surface area contributed by atoms with E-state index in [1.165, 1.54) is 26.8 Å². The Morgan fingerprint density at radius 2 is 1.76 bits per heavy atom. The number of rotatable bonds is 24. The molecule has 0 aliphatic carbocycles. The molecule has 0 aromatic carbocycles. The molecule has 10 N–H and O–H groups in total. The number of imidazole rings is 1. The van der Waals surface area contributed by atoms with Gasteiger partial charge in [-0.25, -0.2) is 28.6 Å². The minimum Gasteiger partial charge on any atom is -0.466 e. The second-order valence-electron chi connectivity index (χ2n) is 13.1. The summed E-state index contributed by atoms with van der Waals surface area (Å²) in [6.07, 6.45) is -2.89. The van der Waals surface area contributed by atoms with Crippen LogP contribution in [0.25, 0.3) is 11.2 Å². The predicted octanol–water partition coefficient (Wildman–Crippen LogP) is -0.436. The number of nitrogen functional groups attached to an aromatic ring is 1. The van der Waals surface area contributed by atoms with Crippen LogP contribution in [-0.2, 0) is 60.2 Å². The molecule has 2 unspecified atom stereocenters. The van der Waals surface area contributed by atoms with Gasteiger partial charge >= 0.3 is 29.4 Å². The molecule has 1 fully saturated rings. The van der Waals surface area contributed by atoms with E-state index >= 15 is 0 Å². The molecular weight excluding hydrogens is 875 g/mol. The van der Waals surface area contributed by atoms with Crippen molar-refractivity contribution >= 4 is 75.1 Å². The summed E-state index contributed by atoms with van der Waals surface area (Å²) in [6, 6.07) is 0. The fraction of sp³-hybridized carbons (Fsp3) is 0.621. The number of amides is 2. The van der Waals surface area contributed by atoms with Crippen LogP contribution in [0.2, 0.25) is 0 Å². The lowest BCUT2D eigenvalue weighted by atomic mass is 9.87. The van der Waals surface area contributed by atoms with Gasteiger partial charge in [-0.15, -0.1) is 0 Å². The van der Waals surface area contributed by atoms with E-state index < -0.39 is 84.6 Å². The van der Waals surface area contributed by atoms with Gasteiger partial charge in [0.25, 0.3) is 0 Å². The Hall–Kier alpha value is -3.23. The van der Waals surface area contributed by atoms with Gasteiger partial charge in [0.05, 0.1) is 26.1 Å². The molecule has 7 atom stereocenters. The molecule has 1 saturated heterocycles. The number of nitrogens with zero attached hydrogens (tertiary/aromatic N) is 4. The number of thioether (sulfide) groups is 1. The summed E-state index contributed by atoms with van der Waals surface area (Å²) in [5.74, 6) is -1.64. The highest BCUT2D eigenvalue weighted by Gasteiger charge is 2.50. The second-order valence-corrected chi connectivity index (χ2v) is 18.5. The number of phosphoric ester groups is 3. The molecule has 2 amide bonds. The number of fused-ring (bicyclic) bond motifs is 1. The zero-order valence-electron chi connectivity index (χ0n) is 31.7. The first-order valence-electron chi connectivity index (χ1n) is 17.3. The molecule has 1 aliphatic heterocycles. The Kier molecular flexibility index (Phi) is 18.7. The van der Waals surface area contributed by atoms with Crippen LogP contribution in [0.3, 0.4) is 0 Å². The zero-order valence-corrected chi connectivity index (χ0v) is 35.2. The van der Waals surface area contributed by atoms with Crippen LogP contribution in [0, 0.1) is 5.41 Å². The number of ether oxygens (including phenoxy) is 2. The Morgan fingerprint density at radius 1 is 1.07 bits per heavy atom. The van der Waals surface area contributed by atoms with Gasteiger partial charge in [0.1, 0.15) is 36.3 Å². The number of anilines is 1. The molecular formula is C29H46N7O19P3S. The predicted molar refractivity (Wildman–Crippen MR) is 202 cm³/mol. The second kappa shape index (κ2) is 22.0. The molecule has 26 nitrogen and oxygen atoms in total. The van der Waals surface area contributed by atoms with E-state index in [1.54, 1.807) is 6.08 Å². The van der Waals surface area contributed by atoms with Crippen molar-refractivity contribution in [1.29, 1.82) is 0 Å². The Bertz CT molecular complexity index is 1970. The fourth-order valence-electron chi connectivity index (χ4n) is 4.93. The number of aromatic nitrogens is 4. The van der Waals surface area contributed by atoms with Gasteiger partial charge in [-0.05, 0) is 18.9 Å². The van der Waals surface area contributed by atoms with E-state index in [1.807, 2.05) is 0 Å². The number of aliphatic hydroxyl groups is 2. The zero-order chi connectivity index (χ0) is 44.2. The van der Waals surface area contributed by atoms with Crippen molar-refractivity contribution in [1.82, 2.24) is 30.2 Å². The molecule has 2 aromatic rings. The summed E-state index contributed by atoms with van der Waals surface area (Å²) in [5.41, 5.74) is 4.23. The van der Waals surface area contributed by atoms with E-state index in [0.717, 1.165) is 29.0 Å². The molecule has 332 valence electrons. The third-order valence-corrected chi connectivity index (χ3v) is 11.7. The molecule has 3 rings (SSSR count). The molecule has 1 aliphatic rings. The van der Waals surface area contributed by atoms with Gasteiger partial charge in [-0.1, -0.05) is 31.7 Å². The van der Waals surface area contributed by atoms with E-state index in [-0.39, 0.29) is 59.9 Å². The maximum Gasteiger partial charge on any atom is 0.481 e. The molecule has 0 spiro atoms. The van der Waals surface area contributed by atoms with Crippen LogP contribution >= 0.6 is 35.2 Å². The summed E-state index contributed by atoms with van der Waals surface area (Å²) in [7, 11) is -16.4. The summed E-state index contributed by atoms with van der Waals surface area (Å²) in [5, 5.41) is 26.1. The van der Waals surface area contributed by atoms with Crippen molar-refractivity contribution in [3.63, 3.8) is 0 Å². The smallest absolute Gasteiger partial charge is 0.466 e. The van der Waals surface area contributed by atoms with Crippen LogP contribution in [-0.4, -0.2) is 135 Å². The van der Waals surface area contributed by atoms with Gasteiger partial charge in [0.2, 0.25) is 16.9 Å². The molecule has 0 bridgehead atoms. The average Bonchev–Trinajstić information content (AvgIpc) is 3.69. The van der Waals surface area contributed by atoms with E-state index in [2.05, 4.69) is 34.4 Å². The van der Waals surface area contributed by atoms with Gasteiger partial charge in [0, 0.05) is 37.6 Å². The molecule has 3 heterocycles. The number of hydrogen-bond donors (Lipinski definition) is 9. The van der Waals surface area contributed by atoms with Crippen molar-refractivity contribution < 1.29 is 90.0 Å². The van der Waals surface area contributed by atoms with E-state index in [9.17, 15) is 62.7 Å². The lowest BCUT2D eigenvalue weighted by Gasteiger charge is -2.30. The number of nitrogens with two attached hydrogens (primary N) is 1. The van der Waals surface area contributed by atoms with Crippen molar-refractivity contribution in [2.24, 2.45) is 5.41 Å². The molecule has 2 aromatic heterocycles. The standard InChI is InChI=1S/C29H46N7O19P3S/c1-17(37)50-11-6-4-5-7-20(39)59-12-10-31-19(38)8-9-32-27(42)24(41)29(2,3)14-52-58(48,49)55-57(46,47)51-13-18-23(54-56(43,44)45)22(40)28(53-18)36-16-35-21-25(30)33-15-34-26(21)36/h5,7,15-16,18,22-24,28,40-41H,4,6,8-14H2,1-3H3,(H,31,38)(H,32,42)(H,46,47)(H,48,49)(H2,30,33,34)(H2,43,44,45)/t18-,22-,23-,24+,28-/m1/s1. The Labute approximate surface area is 340 Å². The highest BCUT2D eigenvalue weighted by molar-refractivity contribution is 8.14. The van der Waals surface area contributed by atoms with Crippen LogP contribution < -0.4 is 16.4 Å². The molecule has 0 radical (unpaired) electrons. The van der Waals surface area contributed by atoms with E-state index in [0.29, 0.717) is 12.8 Å². The monoisotopic (exact) mass is 921 g/mol. The minimum atomic E-state index is -5.58. The number of esters is 1. The number of allylic oxidation sites excluding steroid dienone is 1. The quantitative estimate of drug-likeness (QED) is 0.0279. The summed E-state index contributed by atoms with van der Waals surface area (Å²) >= 11 is 0.967. The maximum atomic E-state index is 12.7. The summed E-state index contributed by atoms with van der Waals surface area (Å²) in [4.78, 5) is 98.2. The van der Waals surface area contributed by atoms with Gasteiger partial charge < -0.3 is 55.6 Å². The van der Waals surface area contributed by atoms with Gasteiger partial charge in [-0.2, -0.15) is 4.31 Å². The summed E-state index contributed by atoms with van der Waals surface area (Å²) < 4.78 is 66.9. The Morgan fingerprint density at radius 3 is 2.44 bits per heavy atom. The first-order chi connectivity index (χ1) is 27.4. The number of hydrogen-bond acceptors (Lipinski definition) is 20. The highest BCUT2D eigenvalue weighted by atomic mass is 32.2. The van der Waals surface area contributed by atoms with Gasteiger partial charge in [0.15, 0.2) is 17.7 Å². The van der Waals surface area contributed by atoms with Crippen LogP contribution in [0.15, 0.2) is 24.8 Å². The number of carbonyl (C=O) groups is 4. The minimum absolute atomic E-state index is 0.0236. The van der Waals surface area contributed by atoms with Crippen molar-refractivity contribution in [2.75, 3.05) is 44.4 Å². The average molecular weight is 922 g/mol. The Balaban J connectivity index is 1.43. The third-order valence-electron chi connectivity index (χ3n) is 7.82. The molecule has 0 saturated carbocycles. The number of aliphatic hydroxyl groups excluding tert-OH is 2. The van der Waals surface area contributed by atoms with E-state index in [4.69, 9.17) is 24.3 Å². The number of phosphoric acid groups is 3. The largest absolute Gasteiger partial charge is 0.481 e. The number of unbranched alkanes of at least 4 members (excludes halogenated alkanes) is 1. The first kappa shape index (κ1) is 50.1. The normalized spacial score (nSPS) is 21.2. The molecule has 59 heavy (non-hydrogen) atoms. The lowest BCUT2D eigenvalue weighted by Crippen LogP contribution is -2.46.